The highest BCUT2D eigenvalue weighted by molar-refractivity contribution is 5.78. The van der Waals surface area contributed by atoms with Gasteiger partial charge in [-0.15, -0.1) is 0 Å². The first kappa shape index (κ1) is 25.6. The third-order valence-electron chi connectivity index (χ3n) is 5.04. The molecule has 0 bridgehead atoms. The van der Waals surface area contributed by atoms with Crippen LogP contribution in [-0.2, 0) is 22.5 Å². The highest BCUT2D eigenvalue weighted by atomic mass is 19.3. The second kappa shape index (κ2) is 13.7. The number of allylic oxidation sites excluding steroid dienone is 1. The van der Waals surface area contributed by atoms with E-state index in [9.17, 15) is 18.0 Å². The van der Waals surface area contributed by atoms with Crippen molar-refractivity contribution in [3.05, 3.63) is 35.4 Å². The Bertz CT molecular complexity index is 791. The van der Waals surface area contributed by atoms with Crippen LogP contribution in [0.1, 0.15) is 36.9 Å². The number of rotatable bonds is 13. The molecule has 0 amide bonds. The van der Waals surface area contributed by atoms with E-state index < -0.39 is 30.8 Å². The van der Waals surface area contributed by atoms with Crippen molar-refractivity contribution in [2.45, 2.75) is 51.0 Å². The van der Waals surface area contributed by atoms with Gasteiger partial charge >= 0.3 is 5.97 Å². The Balaban J connectivity index is 1.74. The molecule has 2 rings (SSSR count). The molecule has 0 saturated heterocycles. The van der Waals surface area contributed by atoms with Crippen LogP contribution in [0.3, 0.4) is 0 Å². The van der Waals surface area contributed by atoms with Crippen molar-refractivity contribution >= 4 is 18.0 Å². The molecule has 0 aromatic carbocycles. The number of oxime groups is 1. The van der Waals surface area contributed by atoms with E-state index >= 15 is 0 Å². The number of unbranched alkanes of at least 4 members (excludes halogenated alkanes) is 1. The maximum atomic E-state index is 12.9. The Hall–Kier alpha value is -2.66. The lowest BCUT2D eigenvalue weighted by molar-refractivity contribution is -0.145. The predicted molar refractivity (Wildman–Crippen MR) is 117 cm³/mol. The zero-order chi connectivity index (χ0) is 23.3. The molecule has 8 nitrogen and oxygen atoms in total. The maximum Gasteiger partial charge on any atom is 0.351 e. The largest absolute Gasteiger partial charge is 0.402 e. The maximum absolute atomic E-state index is 12.9. The SMILES string of the molecule is N/C=C(F)\C=N\OC(=O)[C@@H](N)CCN(CCCCc1ccc2c(n1)NCCC2)CC(F)F. The van der Waals surface area contributed by atoms with Crippen molar-refractivity contribution < 1.29 is 22.8 Å². The number of nitrogens with zero attached hydrogens (tertiary/aromatic N) is 3. The van der Waals surface area contributed by atoms with Gasteiger partial charge in [0.1, 0.15) is 18.1 Å². The molecule has 178 valence electrons. The number of carbonyl (C=O) groups excluding carboxylic acids is 1. The van der Waals surface area contributed by atoms with Gasteiger partial charge < -0.3 is 21.6 Å². The molecule has 1 aromatic rings. The monoisotopic (exact) mass is 456 g/mol. The zero-order valence-corrected chi connectivity index (χ0v) is 18.0. The number of nitrogens with one attached hydrogen (secondary N) is 1. The number of halogens is 3. The van der Waals surface area contributed by atoms with E-state index in [0.717, 1.165) is 43.7 Å². The summed E-state index contributed by atoms with van der Waals surface area (Å²) in [4.78, 5) is 22.4. The molecule has 1 aromatic heterocycles. The minimum absolute atomic E-state index is 0.105. The van der Waals surface area contributed by atoms with Gasteiger partial charge in [-0.25, -0.2) is 22.9 Å². The number of nitrogens with two attached hydrogens (primary N) is 2. The standard InChI is InChI=1S/C21H31F3N6O2/c22-16(12-25)13-28-32-21(31)18(26)8-11-30(14-19(23)24)10-2-1-5-17-7-6-15-4-3-9-27-20(15)29-17/h6-7,12-13,18-19H,1-5,8-11,14,25-26H2,(H,27,29)/b16-12+,28-13+/t18-/m0/s1. The van der Waals surface area contributed by atoms with E-state index in [1.54, 1.807) is 4.90 Å². The molecule has 0 saturated carbocycles. The number of carbonyl (C=O) groups is 1. The third-order valence-corrected chi connectivity index (χ3v) is 5.04. The highest BCUT2D eigenvalue weighted by Gasteiger charge is 2.19. The van der Waals surface area contributed by atoms with Crippen molar-refractivity contribution in [3.8, 4) is 0 Å². The normalized spacial score (nSPS) is 15.1. The van der Waals surface area contributed by atoms with Gasteiger partial charge in [0.2, 0.25) is 0 Å². The lowest BCUT2D eigenvalue weighted by Crippen LogP contribution is -2.38. The number of aryl methyl sites for hydroxylation is 2. The Morgan fingerprint density at radius 2 is 2.16 bits per heavy atom. The fraction of sp³-hybridized carbons (Fsp3) is 0.571. The Morgan fingerprint density at radius 1 is 1.34 bits per heavy atom. The van der Waals surface area contributed by atoms with Gasteiger partial charge in [-0.05, 0) is 56.7 Å². The van der Waals surface area contributed by atoms with Gasteiger partial charge in [-0.1, -0.05) is 11.2 Å². The fourth-order valence-corrected chi connectivity index (χ4v) is 3.32. The lowest BCUT2D eigenvalue weighted by atomic mass is 10.1. The minimum Gasteiger partial charge on any atom is -0.402 e. The summed E-state index contributed by atoms with van der Waals surface area (Å²) >= 11 is 0. The van der Waals surface area contributed by atoms with Crippen molar-refractivity contribution in [1.29, 1.82) is 0 Å². The molecule has 0 radical (unpaired) electrons. The summed E-state index contributed by atoms with van der Waals surface area (Å²) in [6, 6.07) is 3.05. The summed E-state index contributed by atoms with van der Waals surface area (Å²) in [5.74, 6) is -0.813. The molecule has 0 aliphatic carbocycles. The zero-order valence-electron chi connectivity index (χ0n) is 18.0. The molecule has 1 aliphatic heterocycles. The van der Waals surface area contributed by atoms with E-state index in [1.165, 1.54) is 5.56 Å². The summed E-state index contributed by atoms with van der Waals surface area (Å²) in [6.45, 7) is 1.16. The van der Waals surface area contributed by atoms with Crippen LogP contribution in [0.2, 0.25) is 0 Å². The van der Waals surface area contributed by atoms with Crippen molar-refractivity contribution in [2.75, 3.05) is 31.5 Å². The van der Waals surface area contributed by atoms with Crippen LogP contribution in [0.25, 0.3) is 0 Å². The van der Waals surface area contributed by atoms with Crippen LogP contribution < -0.4 is 16.8 Å². The lowest BCUT2D eigenvalue weighted by Gasteiger charge is -2.23. The number of aromatic nitrogens is 1. The van der Waals surface area contributed by atoms with E-state index in [-0.39, 0.29) is 13.0 Å². The molecular formula is C21H31F3N6O2. The van der Waals surface area contributed by atoms with E-state index in [0.29, 0.717) is 25.4 Å². The van der Waals surface area contributed by atoms with Gasteiger partial charge in [-0.3, -0.25) is 4.90 Å². The van der Waals surface area contributed by atoms with Crippen LogP contribution >= 0.6 is 0 Å². The van der Waals surface area contributed by atoms with Crippen LogP contribution in [0.4, 0.5) is 19.0 Å². The number of fused-ring (bicyclic) bond motifs is 1. The summed E-state index contributed by atoms with van der Waals surface area (Å²) < 4.78 is 38.6. The first-order valence-corrected chi connectivity index (χ1v) is 10.7. The molecule has 1 aliphatic rings. The van der Waals surface area contributed by atoms with Crippen molar-refractivity contribution in [2.24, 2.45) is 16.6 Å². The van der Waals surface area contributed by atoms with Gasteiger partial charge in [0, 0.05) is 25.0 Å². The second-order valence-corrected chi connectivity index (χ2v) is 7.58. The predicted octanol–water partition coefficient (Wildman–Crippen LogP) is 2.35. The number of pyridine rings is 1. The summed E-state index contributed by atoms with van der Waals surface area (Å²) in [5, 5.41) is 6.44. The van der Waals surface area contributed by atoms with Crippen LogP contribution in [-0.4, -0.2) is 60.7 Å². The van der Waals surface area contributed by atoms with Crippen LogP contribution in [0, 0.1) is 0 Å². The third kappa shape index (κ3) is 9.23. The Morgan fingerprint density at radius 3 is 2.91 bits per heavy atom. The molecule has 0 fully saturated rings. The van der Waals surface area contributed by atoms with E-state index in [4.69, 9.17) is 11.5 Å². The number of alkyl halides is 2. The van der Waals surface area contributed by atoms with Crippen molar-refractivity contribution in [3.63, 3.8) is 0 Å². The summed E-state index contributed by atoms with van der Waals surface area (Å²) in [7, 11) is 0. The highest BCUT2D eigenvalue weighted by Crippen LogP contribution is 2.20. The molecule has 2 heterocycles. The molecule has 0 unspecified atom stereocenters. The van der Waals surface area contributed by atoms with Gasteiger partial charge in [-0.2, -0.15) is 0 Å². The smallest absolute Gasteiger partial charge is 0.351 e. The average molecular weight is 457 g/mol. The minimum atomic E-state index is -2.50. The summed E-state index contributed by atoms with van der Waals surface area (Å²) in [6.07, 6.45) is 3.28. The van der Waals surface area contributed by atoms with Gasteiger partial charge in [0.15, 0.2) is 5.83 Å². The van der Waals surface area contributed by atoms with Gasteiger partial charge in [0.05, 0.1) is 6.54 Å². The van der Waals surface area contributed by atoms with Gasteiger partial charge in [0.25, 0.3) is 6.43 Å². The molecule has 32 heavy (non-hydrogen) atoms. The molecule has 11 heteroatoms. The van der Waals surface area contributed by atoms with Crippen LogP contribution in [0.15, 0.2) is 29.3 Å². The fourth-order valence-electron chi connectivity index (χ4n) is 3.32. The topological polar surface area (TPSA) is 119 Å². The van der Waals surface area contributed by atoms with Crippen molar-refractivity contribution in [1.82, 2.24) is 9.88 Å². The number of hydrogen-bond donors (Lipinski definition) is 3. The molecule has 5 N–H and O–H groups in total. The first-order chi connectivity index (χ1) is 15.4. The molecule has 0 spiro atoms. The summed E-state index contributed by atoms with van der Waals surface area (Å²) in [5.41, 5.74) is 12.8. The second-order valence-electron chi connectivity index (χ2n) is 7.58. The Labute approximate surface area is 185 Å². The first-order valence-electron chi connectivity index (χ1n) is 10.7. The molecular weight excluding hydrogens is 425 g/mol. The Kier molecular flexibility index (Phi) is 10.9. The van der Waals surface area contributed by atoms with Crippen LogP contribution in [0.5, 0.6) is 0 Å². The number of hydrogen-bond acceptors (Lipinski definition) is 8. The number of anilines is 1. The molecule has 1 atom stereocenters. The average Bonchev–Trinajstić information content (AvgIpc) is 2.79. The quantitative estimate of drug-likeness (QED) is 0.180. The van der Waals surface area contributed by atoms with E-state index in [1.807, 2.05) is 6.07 Å². The van der Waals surface area contributed by atoms with E-state index in [2.05, 4.69) is 26.4 Å².